The van der Waals surface area contributed by atoms with Gasteiger partial charge in [0.1, 0.15) is 0 Å². The summed E-state index contributed by atoms with van der Waals surface area (Å²) in [5, 5.41) is 0. The highest BCUT2D eigenvalue weighted by atomic mass is 16.5. The summed E-state index contributed by atoms with van der Waals surface area (Å²) >= 11 is 0. The van der Waals surface area contributed by atoms with Crippen molar-refractivity contribution < 1.29 is 38.2 Å². The fourth-order valence-corrected chi connectivity index (χ4v) is 2.50. The van der Waals surface area contributed by atoms with Crippen molar-refractivity contribution in [2.24, 2.45) is 11.8 Å². The van der Waals surface area contributed by atoms with E-state index in [2.05, 4.69) is 0 Å². The molecule has 0 spiro atoms. The molecule has 0 aliphatic carbocycles. The van der Waals surface area contributed by atoms with Gasteiger partial charge in [0.25, 0.3) is 0 Å². The molecule has 0 bridgehead atoms. The Balaban J connectivity index is 3.12. The number of rotatable bonds is 10. The second-order valence-electron chi connectivity index (χ2n) is 5.90. The Morgan fingerprint density at radius 2 is 0.964 bits per heavy atom. The van der Waals surface area contributed by atoms with Crippen molar-refractivity contribution in [1.29, 1.82) is 0 Å². The molecule has 0 amide bonds. The Labute approximate surface area is 162 Å². The number of Topliss-reactive ketones (excluding diaryl/α,β-unsaturated/α-hetero) is 4. The van der Waals surface area contributed by atoms with E-state index in [4.69, 9.17) is 9.47 Å². The van der Waals surface area contributed by atoms with E-state index in [0.29, 0.717) is 0 Å². The van der Waals surface area contributed by atoms with Crippen molar-refractivity contribution >= 4 is 35.1 Å². The van der Waals surface area contributed by atoms with Crippen LogP contribution in [0, 0.1) is 11.8 Å². The quantitative estimate of drug-likeness (QED) is 0.335. The van der Waals surface area contributed by atoms with Gasteiger partial charge >= 0.3 is 11.9 Å². The standard InChI is InChI=1S/C20H22O8/c1-5-27-19(25)15(11(3)21)17(23)13-7-9-14(10-8-13)18(24)16(12(4)22)20(26)28-6-2/h7-10,15-16H,5-6H2,1-4H3/t15-,16-/m1/s1. The largest absolute Gasteiger partial charge is 0.465 e. The van der Waals surface area contributed by atoms with E-state index in [1.165, 1.54) is 24.3 Å². The summed E-state index contributed by atoms with van der Waals surface area (Å²) in [6, 6.07) is 4.97. The van der Waals surface area contributed by atoms with E-state index in [1.54, 1.807) is 13.8 Å². The van der Waals surface area contributed by atoms with Crippen LogP contribution in [0.3, 0.4) is 0 Å². The second-order valence-corrected chi connectivity index (χ2v) is 5.90. The predicted molar refractivity (Wildman–Crippen MR) is 96.7 cm³/mol. The van der Waals surface area contributed by atoms with Crippen LogP contribution in [0.15, 0.2) is 24.3 Å². The number of hydrogen-bond acceptors (Lipinski definition) is 8. The molecule has 2 atom stereocenters. The van der Waals surface area contributed by atoms with E-state index >= 15 is 0 Å². The molecule has 0 radical (unpaired) electrons. The highest BCUT2D eigenvalue weighted by molar-refractivity contribution is 6.23. The number of carbonyl (C=O) groups is 6. The van der Waals surface area contributed by atoms with Gasteiger partial charge in [-0.3, -0.25) is 28.8 Å². The maximum absolute atomic E-state index is 12.5. The maximum atomic E-state index is 12.5. The highest BCUT2D eigenvalue weighted by Gasteiger charge is 2.35. The summed E-state index contributed by atoms with van der Waals surface area (Å²) in [5.74, 6) is -7.93. The zero-order valence-corrected chi connectivity index (χ0v) is 16.1. The van der Waals surface area contributed by atoms with Gasteiger partial charge in [0.2, 0.25) is 0 Å². The lowest BCUT2D eigenvalue weighted by molar-refractivity contribution is -0.150. The van der Waals surface area contributed by atoms with Crippen molar-refractivity contribution in [3.05, 3.63) is 35.4 Å². The number of ketones is 4. The summed E-state index contributed by atoms with van der Waals surface area (Å²) in [6.45, 7) is 5.35. The van der Waals surface area contributed by atoms with E-state index in [0.717, 1.165) is 13.8 Å². The molecular formula is C20H22O8. The third kappa shape index (κ3) is 5.42. The average molecular weight is 390 g/mol. The second kappa shape index (κ2) is 10.2. The van der Waals surface area contributed by atoms with Gasteiger partial charge < -0.3 is 9.47 Å². The van der Waals surface area contributed by atoms with Gasteiger partial charge in [-0.05, 0) is 27.7 Å². The van der Waals surface area contributed by atoms with Crippen molar-refractivity contribution in [2.45, 2.75) is 27.7 Å². The lowest BCUT2D eigenvalue weighted by atomic mass is 9.91. The molecule has 0 fully saturated rings. The molecule has 150 valence electrons. The molecular weight excluding hydrogens is 368 g/mol. The normalized spacial score (nSPS) is 12.4. The van der Waals surface area contributed by atoms with E-state index in [-0.39, 0.29) is 24.3 Å². The van der Waals surface area contributed by atoms with Gasteiger partial charge in [0, 0.05) is 11.1 Å². The fraction of sp³-hybridized carbons (Fsp3) is 0.400. The summed E-state index contributed by atoms with van der Waals surface area (Å²) in [4.78, 5) is 72.1. The Kier molecular flexibility index (Phi) is 8.37. The van der Waals surface area contributed by atoms with Crippen LogP contribution < -0.4 is 0 Å². The topological polar surface area (TPSA) is 121 Å². The Morgan fingerprint density at radius 1 is 0.679 bits per heavy atom. The van der Waals surface area contributed by atoms with E-state index in [9.17, 15) is 28.8 Å². The molecule has 28 heavy (non-hydrogen) atoms. The molecule has 0 aromatic heterocycles. The molecule has 0 aliphatic heterocycles. The lowest BCUT2D eigenvalue weighted by Crippen LogP contribution is -2.33. The Hall–Kier alpha value is -3.16. The first-order chi connectivity index (χ1) is 13.1. The zero-order valence-electron chi connectivity index (χ0n) is 16.1. The molecule has 1 aromatic carbocycles. The maximum Gasteiger partial charge on any atom is 0.324 e. The monoisotopic (exact) mass is 390 g/mol. The zero-order chi connectivity index (χ0) is 21.4. The third-order valence-corrected chi connectivity index (χ3v) is 3.84. The summed E-state index contributed by atoms with van der Waals surface area (Å²) in [7, 11) is 0. The van der Waals surface area contributed by atoms with Crippen LogP contribution in [0.25, 0.3) is 0 Å². The van der Waals surface area contributed by atoms with E-state index in [1.807, 2.05) is 0 Å². The van der Waals surface area contributed by atoms with Crippen LogP contribution in [0.2, 0.25) is 0 Å². The molecule has 0 saturated heterocycles. The smallest absolute Gasteiger partial charge is 0.324 e. The first kappa shape index (κ1) is 22.9. The Morgan fingerprint density at radius 3 is 1.18 bits per heavy atom. The molecule has 0 N–H and O–H groups in total. The van der Waals surface area contributed by atoms with Crippen molar-refractivity contribution in [3.8, 4) is 0 Å². The molecule has 8 nitrogen and oxygen atoms in total. The fourth-order valence-electron chi connectivity index (χ4n) is 2.50. The summed E-state index contributed by atoms with van der Waals surface area (Å²) < 4.78 is 9.51. The van der Waals surface area contributed by atoms with Gasteiger partial charge in [-0.25, -0.2) is 0 Å². The SMILES string of the molecule is CCOC(=O)[C@H](C(C)=O)C(=O)c1ccc(C(=O)[C@@H](C(C)=O)C(=O)OCC)cc1. The van der Waals surface area contributed by atoms with Gasteiger partial charge in [0.05, 0.1) is 13.2 Å². The molecule has 8 heteroatoms. The minimum Gasteiger partial charge on any atom is -0.465 e. The molecule has 0 unspecified atom stereocenters. The third-order valence-electron chi connectivity index (χ3n) is 3.84. The van der Waals surface area contributed by atoms with Crippen LogP contribution in [0.1, 0.15) is 48.4 Å². The van der Waals surface area contributed by atoms with Crippen LogP contribution in [-0.2, 0) is 28.7 Å². The Bertz CT molecular complexity index is 724. The molecule has 0 aliphatic rings. The number of ether oxygens (including phenoxy) is 2. The first-order valence-electron chi connectivity index (χ1n) is 8.68. The van der Waals surface area contributed by atoms with Crippen LogP contribution >= 0.6 is 0 Å². The molecule has 1 rings (SSSR count). The summed E-state index contributed by atoms with van der Waals surface area (Å²) in [6.07, 6.45) is 0. The van der Waals surface area contributed by atoms with Gasteiger partial charge in [-0.2, -0.15) is 0 Å². The van der Waals surface area contributed by atoms with Crippen molar-refractivity contribution in [1.82, 2.24) is 0 Å². The minimum atomic E-state index is -1.59. The molecule has 0 saturated carbocycles. The van der Waals surface area contributed by atoms with Gasteiger partial charge in [0.15, 0.2) is 35.0 Å². The van der Waals surface area contributed by atoms with Gasteiger partial charge in [-0.1, -0.05) is 24.3 Å². The van der Waals surface area contributed by atoms with E-state index < -0.39 is 46.9 Å². The van der Waals surface area contributed by atoms with Gasteiger partial charge in [-0.15, -0.1) is 0 Å². The van der Waals surface area contributed by atoms with Crippen molar-refractivity contribution in [2.75, 3.05) is 13.2 Å². The number of hydrogen-bond donors (Lipinski definition) is 0. The average Bonchev–Trinajstić information content (AvgIpc) is 2.61. The summed E-state index contributed by atoms with van der Waals surface area (Å²) in [5.41, 5.74) is 0.0284. The minimum absolute atomic E-state index is 0.0142. The van der Waals surface area contributed by atoms with Crippen LogP contribution in [0.4, 0.5) is 0 Å². The van der Waals surface area contributed by atoms with Crippen LogP contribution in [0.5, 0.6) is 0 Å². The van der Waals surface area contributed by atoms with Crippen molar-refractivity contribution in [3.63, 3.8) is 0 Å². The number of esters is 2. The number of benzene rings is 1. The number of carbonyl (C=O) groups excluding carboxylic acids is 6. The lowest BCUT2D eigenvalue weighted by Gasteiger charge is -2.13. The molecule has 1 aromatic rings. The highest BCUT2D eigenvalue weighted by Crippen LogP contribution is 2.17. The van der Waals surface area contributed by atoms with Crippen LogP contribution in [-0.4, -0.2) is 48.3 Å². The first-order valence-corrected chi connectivity index (χ1v) is 8.68. The predicted octanol–water partition coefficient (Wildman–Crippen LogP) is 1.59. The molecule has 0 heterocycles.